The lowest BCUT2D eigenvalue weighted by atomic mass is 9.80. The second-order valence-corrected chi connectivity index (χ2v) is 12.2. The fourth-order valence-electron chi connectivity index (χ4n) is 5.95. The average molecular weight is 451 g/mol. The Kier molecular flexibility index (Phi) is 3.96. The van der Waals surface area contributed by atoms with Gasteiger partial charge in [0.05, 0.1) is 28.2 Å². The van der Waals surface area contributed by atoms with Crippen LogP contribution in [0.4, 0.5) is 0 Å². The van der Waals surface area contributed by atoms with Crippen LogP contribution in [0.15, 0.2) is 24.3 Å². The van der Waals surface area contributed by atoms with Crippen molar-refractivity contribution >= 4 is 54.4 Å². The zero-order valence-electron chi connectivity index (χ0n) is 22.1. The quantitative estimate of drug-likeness (QED) is 0.167. The van der Waals surface area contributed by atoms with Crippen LogP contribution in [-0.2, 0) is 39.0 Å². The zero-order chi connectivity index (χ0) is 24.5. The molecule has 4 nitrogen and oxygen atoms in total. The highest BCUT2D eigenvalue weighted by molar-refractivity contribution is 6.37. The molecular formula is C30H34N4. The SMILES string of the molecule is Cn1[c-][n+](C)c2c3cc(C(C)(C)C)cc4c3c3c(cc(C(C)(C)C)cc3c3c4n(C)[c-][n+]3C)c21. The number of nitrogens with zero attached hydrogens (tertiary/aromatic N) is 4. The molecule has 0 aliphatic rings. The van der Waals surface area contributed by atoms with Crippen molar-refractivity contribution in [1.29, 1.82) is 0 Å². The molecule has 2 heterocycles. The second-order valence-electron chi connectivity index (χ2n) is 12.2. The molecule has 4 aromatic carbocycles. The van der Waals surface area contributed by atoms with Gasteiger partial charge in [-0.2, -0.15) is 0 Å². The Morgan fingerprint density at radius 1 is 0.588 bits per heavy atom. The van der Waals surface area contributed by atoms with Crippen molar-refractivity contribution in [3.8, 4) is 0 Å². The first-order valence-corrected chi connectivity index (χ1v) is 12.1. The van der Waals surface area contributed by atoms with E-state index in [0.29, 0.717) is 0 Å². The minimum absolute atomic E-state index is 0.0383. The molecule has 0 radical (unpaired) electrons. The number of hydrogen-bond donors (Lipinski definition) is 0. The van der Waals surface area contributed by atoms with Crippen LogP contribution in [0.5, 0.6) is 0 Å². The van der Waals surface area contributed by atoms with Gasteiger partial charge < -0.3 is 18.3 Å². The third-order valence-corrected chi connectivity index (χ3v) is 7.67. The summed E-state index contributed by atoms with van der Waals surface area (Å²) in [5, 5.41) is 7.94. The number of rotatable bonds is 0. The highest BCUT2D eigenvalue weighted by atomic mass is 15.1. The van der Waals surface area contributed by atoms with E-state index < -0.39 is 0 Å². The molecule has 0 fully saturated rings. The Labute approximate surface area is 201 Å². The monoisotopic (exact) mass is 450 g/mol. The van der Waals surface area contributed by atoms with Crippen LogP contribution in [-0.4, -0.2) is 9.13 Å². The smallest absolute Gasteiger partial charge is 0.204 e. The molecular weight excluding hydrogens is 416 g/mol. The van der Waals surface area contributed by atoms with E-state index in [1.54, 1.807) is 0 Å². The maximum Gasteiger partial charge on any atom is 0.204 e. The topological polar surface area (TPSA) is 17.6 Å². The number of aromatic nitrogens is 4. The van der Waals surface area contributed by atoms with Crippen LogP contribution in [0.25, 0.3) is 54.4 Å². The van der Waals surface area contributed by atoms with Gasteiger partial charge in [0.25, 0.3) is 0 Å². The standard InChI is InChI=1S/C30H34N4/c1-29(2,3)17-11-19-23-20(12-17)26-28(34(10)16-32(26)8)22-14-18(30(4,5)6)13-21(24(22)23)27-25(19)31(7)15-33(27)9/h11-14H,1-10H3. The van der Waals surface area contributed by atoms with E-state index in [0.717, 1.165) is 0 Å². The van der Waals surface area contributed by atoms with Crippen molar-refractivity contribution in [2.24, 2.45) is 28.2 Å². The van der Waals surface area contributed by atoms with Gasteiger partial charge in [0, 0.05) is 22.1 Å². The molecule has 4 heteroatoms. The third kappa shape index (κ3) is 2.60. The summed E-state index contributed by atoms with van der Waals surface area (Å²) in [7, 11) is 8.50. The van der Waals surface area contributed by atoms with E-state index >= 15 is 0 Å². The van der Waals surface area contributed by atoms with Gasteiger partial charge in [0.1, 0.15) is 0 Å². The Morgan fingerprint density at radius 2 is 0.912 bits per heavy atom. The normalized spacial score (nSPS) is 13.6. The van der Waals surface area contributed by atoms with Crippen molar-refractivity contribution in [2.75, 3.05) is 0 Å². The Morgan fingerprint density at radius 3 is 1.24 bits per heavy atom. The number of benzene rings is 4. The van der Waals surface area contributed by atoms with Crippen molar-refractivity contribution in [3.63, 3.8) is 0 Å². The lowest BCUT2D eigenvalue weighted by Crippen LogP contribution is -2.27. The van der Waals surface area contributed by atoms with Crippen molar-refractivity contribution in [2.45, 2.75) is 52.4 Å². The van der Waals surface area contributed by atoms with Gasteiger partial charge >= 0.3 is 0 Å². The van der Waals surface area contributed by atoms with Crippen molar-refractivity contribution < 1.29 is 9.13 Å². The fourth-order valence-corrected chi connectivity index (χ4v) is 5.95. The summed E-state index contributed by atoms with van der Waals surface area (Å²) >= 11 is 0. The third-order valence-electron chi connectivity index (χ3n) is 7.67. The minimum atomic E-state index is 0.0383. The molecule has 0 atom stereocenters. The van der Waals surface area contributed by atoms with Crippen LogP contribution in [0, 0.1) is 12.7 Å². The summed E-state index contributed by atoms with van der Waals surface area (Å²) < 4.78 is 8.71. The van der Waals surface area contributed by atoms with Gasteiger partial charge in [0.15, 0.2) is 0 Å². The van der Waals surface area contributed by atoms with E-state index in [9.17, 15) is 0 Å². The Hall–Kier alpha value is -3.14. The number of fused-ring (bicyclic) bond motifs is 6. The van der Waals surface area contributed by atoms with Crippen molar-refractivity contribution in [3.05, 3.63) is 48.0 Å². The maximum atomic E-state index is 3.53. The van der Waals surface area contributed by atoms with Crippen molar-refractivity contribution in [1.82, 2.24) is 9.13 Å². The van der Waals surface area contributed by atoms with E-state index in [-0.39, 0.29) is 10.8 Å². The summed E-state index contributed by atoms with van der Waals surface area (Å²) in [6, 6.07) is 9.70. The largest absolute Gasteiger partial charge is 0.346 e. The molecule has 174 valence electrons. The number of aryl methyl sites for hydroxylation is 4. The molecule has 0 aliphatic carbocycles. The second kappa shape index (κ2) is 6.29. The average Bonchev–Trinajstić information content (AvgIpc) is 3.20. The van der Waals surface area contributed by atoms with Crippen LogP contribution in [0.3, 0.4) is 0 Å². The zero-order valence-corrected chi connectivity index (χ0v) is 22.1. The van der Waals surface area contributed by atoms with Gasteiger partial charge in [-0.25, -0.2) is 0 Å². The summed E-state index contributed by atoms with van der Waals surface area (Å²) in [5.74, 6) is 0. The van der Waals surface area contributed by atoms with Gasteiger partial charge in [-0.15, -0.1) is 0 Å². The molecule has 0 N–H and O–H groups in total. The van der Waals surface area contributed by atoms with Gasteiger partial charge in [-0.1, -0.05) is 65.8 Å². The molecule has 0 amide bonds. The van der Waals surface area contributed by atoms with Gasteiger partial charge in [0.2, 0.25) is 12.7 Å². The Balaban J connectivity index is 2.08. The lowest BCUT2D eigenvalue weighted by Gasteiger charge is -2.27. The van der Waals surface area contributed by atoms with E-state index in [1.807, 2.05) is 0 Å². The van der Waals surface area contributed by atoms with E-state index in [1.165, 1.54) is 65.5 Å². The summed E-state index contributed by atoms with van der Waals surface area (Å²) in [6.07, 6.45) is 7.06. The number of hydrogen-bond acceptors (Lipinski definition) is 0. The van der Waals surface area contributed by atoms with Crippen LogP contribution < -0.4 is 9.13 Å². The van der Waals surface area contributed by atoms with Crippen LogP contribution in [0.1, 0.15) is 52.7 Å². The molecule has 0 bridgehead atoms. The fraction of sp³-hybridized carbons (Fsp3) is 0.400. The Bertz CT molecular complexity index is 1550. The molecule has 34 heavy (non-hydrogen) atoms. The predicted octanol–water partition coefficient (Wildman–Crippen LogP) is 5.41. The maximum absolute atomic E-state index is 3.53. The molecule has 0 spiro atoms. The molecule has 2 aromatic heterocycles. The molecule has 0 saturated carbocycles. The van der Waals surface area contributed by atoms with Gasteiger partial charge in [-0.05, 0) is 54.3 Å². The summed E-state index contributed by atoms with van der Waals surface area (Å²) in [4.78, 5) is 0. The van der Waals surface area contributed by atoms with E-state index in [2.05, 4.69) is 125 Å². The highest BCUT2D eigenvalue weighted by Crippen LogP contribution is 2.46. The van der Waals surface area contributed by atoms with Crippen LogP contribution in [0.2, 0.25) is 0 Å². The van der Waals surface area contributed by atoms with Crippen LogP contribution >= 0.6 is 0 Å². The first-order valence-electron chi connectivity index (χ1n) is 12.1. The molecule has 0 unspecified atom stereocenters. The molecule has 6 rings (SSSR count). The minimum Gasteiger partial charge on any atom is -0.346 e. The molecule has 6 aromatic rings. The number of imidazole rings is 2. The predicted molar refractivity (Wildman–Crippen MR) is 141 cm³/mol. The summed E-state index contributed by atoms with van der Waals surface area (Å²) in [6.45, 7) is 13.8. The summed E-state index contributed by atoms with van der Waals surface area (Å²) in [5.41, 5.74) is 7.78. The molecule has 0 aliphatic heterocycles. The van der Waals surface area contributed by atoms with Gasteiger partial charge in [-0.3, -0.25) is 0 Å². The highest BCUT2D eigenvalue weighted by Gasteiger charge is 2.24. The molecule has 0 saturated heterocycles. The first kappa shape index (κ1) is 21.4. The first-order chi connectivity index (χ1) is 15.8. The lowest BCUT2D eigenvalue weighted by molar-refractivity contribution is -0.649. The van der Waals surface area contributed by atoms with E-state index in [4.69, 9.17) is 0 Å².